The van der Waals surface area contributed by atoms with Crippen LogP contribution in [-0.2, 0) is 11.3 Å². The molecule has 134 valence electrons. The van der Waals surface area contributed by atoms with Gasteiger partial charge in [-0.15, -0.1) is 0 Å². The molecule has 0 aromatic carbocycles. The zero-order valence-electron chi connectivity index (χ0n) is 15.0. The standard InChI is InChI=1S/C19H25N3O3/c1-13-11-17(14(2)22(13)12-16-5-4-10-25-16)19(24)21-8-6-15(7-9-21)18(23)20-3/h4-5,10-11,15H,6-9,12H2,1-3H3,(H,20,23). The molecular formula is C19H25N3O3. The van der Waals surface area contributed by atoms with Crippen molar-refractivity contribution in [1.82, 2.24) is 14.8 Å². The minimum atomic E-state index is 0.0143. The van der Waals surface area contributed by atoms with E-state index in [0.29, 0.717) is 19.6 Å². The molecule has 2 amide bonds. The molecule has 0 unspecified atom stereocenters. The number of likely N-dealkylation sites (tertiary alicyclic amines) is 1. The van der Waals surface area contributed by atoms with Crippen molar-refractivity contribution in [2.45, 2.75) is 33.2 Å². The summed E-state index contributed by atoms with van der Waals surface area (Å²) in [5, 5.41) is 2.70. The molecule has 0 spiro atoms. The maximum atomic E-state index is 12.9. The van der Waals surface area contributed by atoms with Gasteiger partial charge in [-0.1, -0.05) is 0 Å². The van der Waals surface area contributed by atoms with Crippen LogP contribution in [0.25, 0.3) is 0 Å². The van der Waals surface area contributed by atoms with Crippen LogP contribution in [-0.4, -0.2) is 41.4 Å². The van der Waals surface area contributed by atoms with Gasteiger partial charge >= 0.3 is 0 Å². The Bertz CT molecular complexity index is 753. The predicted molar refractivity (Wildman–Crippen MR) is 94.4 cm³/mol. The molecule has 3 heterocycles. The zero-order valence-corrected chi connectivity index (χ0v) is 15.0. The number of furan rings is 1. The van der Waals surface area contributed by atoms with Gasteiger partial charge in [0.25, 0.3) is 5.91 Å². The molecule has 0 saturated carbocycles. The lowest BCUT2D eigenvalue weighted by atomic mass is 9.95. The summed E-state index contributed by atoms with van der Waals surface area (Å²) >= 11 is 0. The summed E-state index contributed by atoms with van der Waals surface area (Å²) < 4.78 is 7.52. The Morgan fingerprint density at radius 2 is 2.00 bits per heavy atom. The van der Waals surface area contributed by atoms with E-state index in [0.717, 1.165) is 35.6 Å². The predicted octanol–water partition coefficient (Wildman–Crippen LogP) is 2.34. The van der Waals surface area contributed by atoms with Crippen LogP contribution in [0, 0.1) is 19.8 Å². The molecule has 1 aliphatic rings. The number of carbonyl (C=O) groups is 2. The normalized spacial score (nSPS) is 15.4. The zero-order chi connectivity index (χ0) is 18.0. The van der Waals surface area contributed by atoms with Gasteiger partial charge in [-0.05, 0) is 44.9 Å². The van der Waals surface area contributed by atoms with Gasteiger partial charge in [0.15, 0.2) is 0 Å². The van der Waals surface area contributed by atoms with Crippen LogP contribution in [0.1, 0.15) is 40.3 Å². The Labute approximate surface area is 147 Å². The van der Waals surface area contributed by atoms with E-state index in [1.807, 2.05) is 36.9 Å². The third kappa shape index (κ3) is 3.48. The number of nitrogens with one attached hydrogen (secondary N) is 1. The van der Waals surface area contributed by atoms with Gasteiger partial charge in [-0.2, -0.15) is 0 Å². The van der Waals surface area contributed by atoms with E-state index in [4.69, 9.17) is 4.42 Å². The van der Waals surface area contributed by atoms with Crippen molar-refractivity contribution in [1.29, 1.82) is 0 Å². The molecule has 1 aliphatic heterocycles. The third-order valence-corrected chi connectivity index (χ3v) is 5.10. The second-order valence-corrected chi connectivity index (χ2v) is 6.63. The van der Waals surface area contributed by atoms with E-state index in [9.17, 15) is 9.59 Å². The quantitative estimate of drug-likeness (QED) is 0.926. The first-order valence-electron chi connectivity index (χ1n) is 8.71. The Hall–Kier alpha value is -2.50. The van der Waals surface area contributed by atoms with Gasteiger partial charge in [0.1, 0.15) is 5.76 Å². The first-order valence-corrected chi connectivity index (χ1v) is 8.71. The van der Waals surface area contributed by atoms with Gasteiger partial charge in [0, 0.05) is 37.4 Å². The van der Waals surface area contributed by atoms with E-state index < -0.39 is 0 Å². The van der Waals surface area contributed by atoms with Crippen LogP contribution in [0.15, 0.2) is 28.9 Å². The molecule has 0 aliphatic carbocycles. The monoisotopic (exact) mass is 343 g/mol. The van der Waals surface area contributed by atoms with Gasteiger partial charge < -0.3 is 19.2 Å². The van der Waals surface area contributed by atoms with Crippen LogP contribution in [0.2, 0.25) is 0 Å². The summed E-state index contributed by atoms with van der Waals surface area (Å²) in [7, 11) is 1.66. The summed E-state index contributed by atoms with van der Waals surface area (Å²) in [5.74, 6) is 1.01. The lowest BCUT2D eigenvalue weighted by Crippen LogP contribution is -2.42. The third-order valence-electron chi connectivity index (χ3n) is 5.10. The van der Waals surface area contributed by atoms with Crippen molar-refractivity contribution in [2.75, 3.05) is 20.1 Å². The number of amides is 2. The molecule has 0 radical (unpaired) electrons. The molecule has 6 heteroatoms. The maximum Gasteiger partial charge on any atom is 0.255 e. The van der Waals surface area contributed by atoms with Crippen molar-refractivity contribution >= 4 is 11.8 Å². The molecule has 6 nitrogen and oxygen atoms in total. The molecule has 0 bridgehead atoms. The summed E-state index contributed by atoms with van der Waals surface area (Å²) in [6.07, 6.45) is 3.10. The highest BCUT2D eigenvalue weighted by molar-refractivity contribution is 5.96. The van der Waals surface area contributed by atoms with Crippen molar-refractivity contribution in [3.8, 4) is 0 Å². The summed E-state index contributed by atoms with van der Waals surface area (Å²) in [5.41, 5.74) is 2.73. The molecule has 2 aromatic rings. The average molecular weight is 343 g/mol. The molecule has 1 saturated heterocycles. The van der Waals surface area contributed by atoms with E-state index >= 15 is 0 Å². The average Bonchev–Trinajstić information content (AvgIpc) is 3.24. The molecule has 2 aromatic heterocycles. The smallest absolute Gasteiger partial charge is 0.255 e. The fourth-order valence-electron chi connectivity index (χ4n) is 3.54. The second-order valence-electron chi connectivity index (χ2n) is 6.63. The summed E-state index contributed by atoms with van der Waals surface area (Å²) in [6.45, 7) is 5.85. The molecule has 1 fully saturated rings. The van der Waals surface area contributed by atoms with Crippen molar-refractivity contribution in [2.24, 2.45) is 5.92 Å². The Balaban J connectivity index is 1.72. The first-order chi connectivity index (χ1) is 12.0. The Kier molecular flexibility index (Phi) is 4.97. The fraction of sp³-hybridized carbons (Fsp3) is 0.474. The minimum Gasteiger partial charge on any atom is -0.467 e. The number of hydrogen-bond donors (Lipinski definition) is 1. The van der Waals surface area contributed by atoms with E-state index in [-0.39, 0.29) is 17.7 Å². The highest BCUT2D eigenvalue weighted by atomic mass is 16.3. The minimum absolute atomic E-state index is 0.0143. The molecular weight excluding hydrogens is 318 g/mol. The molecule has 25 heavy (non-hydrogen) atoms. The number of aryl methyl sites for hydroxylation is 1. The summed E-state index contributed by atoms with van der Waals surface area (Å²) in [6, 6.07) is 5.75. The SMILES string of the molecule is CNC(=O)C1CCN(C(=O)c2cc(C)n(Cc3ccco3)c2C)CC1. The number of nitrogens with zero attached hydrogens (tertiary/aromatic N) is 2. The molecule has 3 rings (SSSR count). The van der Waals surface area contributed by atoms with Crippen molar-refractivity contribution < 1.29 is 14.0 Å². The second kappa shape index (κ2) is 7.17. The number of piperidine rings is 1. The van der Waals surface area contributed by atoms with Gasteiger partial charge in [-0.25, -0.2) is 0 Å². The van der Waals surface area contributed by atoms with Crippen molar-refractivity contribution in [3.05, 3.63) is 47.2 Å². The van der Waals surface area contributed by atoms with Crippen molar-refractivity contribution in [3.63, 3.8) is 0 Å². The van der Waals surface area contributed by atoms with Crippen LogP contribution < -0.4 is 5.32 Å². The van der Waals surface area contributed by atoms with Gasteiger partial charge in [0.2, 0.25) is 5.91 Å². The van der Waals surface area contributed by atoms with Crippen LogP contribution in [0.5, 0.6) is 0 Å². The lowest BCUT2D eigenvalue weighted by molar-refractivity contribution is -0.125. The largest absolute Gasteiger partial charge is 0.467 e. The van der Waals surface area contributed by atoms with E-state index in [1.54, 1.807) is 13.3 Å². The Morgan fingerprint density at radius 3 is 2.60 bits per heavy atom. The number of carbonyl (C=O) groups excluding carboxylic acids is 2. The molecule has 1 N–H and O–H groups in total. The highest BCUT2D eigenvalue weighted by Gasteiger charge is 2.28. The highest BCUT2D eigenvalue weighted by Crippen LogP contribution is 2.23. The lowest BCUT2D eigenvalue weighted by Gasteiger charge is -2.31. The van der Waals surface area contributed by atoms with Gasteiger partial charge in [-0.3, -0.25) is 9.59 Å². The van der Waals surface area contributed by atoms with E-state index in [1.165, 1.54) is 0 Å². The van der Waals surface area contributed by atoms with Crippen LogP contribution >= 0.6 is 0 Å². The number of rotatable bonds is 4. The van der Waals surface area contributed by atoms with E-state index in [2.05, 4.69) is 9.88 Å². The Morgan fingerprint density at radius 1 is 1.28 bits per heavy atom. The van der Waals surface area contributed by atoms with Crippen LogP contribution in [0.4, 0.5) is 0 Å². The maximum absolute atomic E-state index is 12.9. The summed E-state index contributed by atoms with van der Waals surface area (Å²) in [4.78, 5) is 26.5. The van der Waals surface area contributed by atoms with Gasteiger partial charge in [0.05, 0.1) is 18.4 Å². The topological polar surface area (TPSA) is 67.5 Å². The number of aromatic nitrogens is 1. The van der Waals surface area contributed by atoms with Crippen LogP contribution in [0.3, 0.4) is 0 Å². The number of hydrogen-bond acceptors (Lipinski definition) is 3. The molecule has 0 atom stereocenters. The fourth-order valence-corrected chi connectivity index (χ4v) is 3.54. The first kappa shape index (κ1) is 17.3.